The molecule has 0 spiro atoms. The average Bonchev–Trinajstić information content (AvgIpc) is 3.57. The van der Waals surface area contributed by atoms with Crippen molar-refractivity contribution in [3.63, 3.8) is 0 Å². The van der Waals surface area contributed by atoms with E-state index in [0.29, 0.717) is 11.9 Å². The van der Waals surface area contributed by atoms with Gasteiger partial charge in [0.15, 0.2) is 5.82 Å². The van der Waals surface area contributed by atoms with Gasteiger partial charge in [-0.25, -0.2) is 14.4 Å². The lowest BCUT2D eigenvalue weighted by atomic mass is 9.98. The Morgan fingerprint density at radius 2 is 1.69 bits per heavy atom. The summed E-state index contributed by atoms with van der Waals surface area (Å²) in [5.41, 5.74) is 4.84. The maximum Gasteiger partial charge on any atom is 0.159 e. The number of hydrogen-bond donors (Lipinski definition) is 1. The molecule has 1 unspecified atom stereocenters. The van der Waals surface area contributed by atoms with E-state index in [1.54, 1.807) is 28.0 Å². The van der Waals surface area contributed by atoms with Gasteiger partial charge in [0.25, 0.3) is 0 Å². The predicted molar refractivity (Wildman–Crippen MR) is 119 cm³/mol. The summed E-state index contributed by atoms with van der Waals surface area (Å²) in [6, 6.07) is 8.26. The Labute approximate surface area is 185 Å². The molecule has 1 aromatic carbocycles. The third-order valence-electron chi connectivity index (χ3n) is 6.64. The quantitative estimate of drug-likeness (QED) is 0.534. The predicted octanol–water partition coefficient (Wildman–Crippen LogP) is 3.81. The van der Waals surface area contributed by atoms with Crippen LogP contribution in [0, 0.1) is 0 Å². The minimum atomic E-state index is -0.910. The number of nitrogens with zero attached hydrogens (tertiary/aromatic N) is 6. The molecule has 0 saturated carbocycles. The Hall–Kier alpha value is -3.39. The monoisotopic (exact) mass is 429 g/mol. The van der Waals surface area contributed by atoms with Gasteiger partial charge in [-0.1, -0.05) is 18.2 Å². The molecule has 2 aliphatic heterocycles. The molecule has 4 atom stereocenters. The highest BCUT2D eigenvalue weighted by Crippen LogP contribution is 2.36. The Kier molecular flexibility index (Phi) is 4.61. The van der Waals surface area contributed by atoms with Crippen LogP contribution in [0.2, 0.25) is 0 Å². The van der Waals surface area contributed by atoms with E-state index in [1.807, 2.05) is 43.8 Å². The largest absolute Gasteiger partial charge is 0.308 e. The zero-order valence-corrected chi connectivity index (χ0v) is 17.8. The van der Waals surface area contributed by atoms with E-state index in [4.69, 9.17) is 0 Å². The van der Waals surface area contributed by atoms with Gasteiger partial charge >= 0.3 is 0 Å². The second-order valence-electron chi connectivity index (χ2n) is 8.78. The van der Waals surface area contributed by atoms with Crippen molar-refractivity contribution in [1.29, 1.82) is 0 Å². The number of benzene rings is 1. The van der Waals surface area contributed by atoms with Gasteiger partial charge in [0.1, 0.15) is 6.17 Å². The van der Waals surface area contributed by atoms with Gasteiger partial charge in [0.05, 0.1) is 18.4 Å². The number of halogens is 1. The molecule has 0 radical (unpaired) electrons. The van der Waals surface area contributed by atoms with E-state index >= 15 is 0 Å². The molecule has 5 heterocycles. The highest BCUT2D eigenvalue weighted by Gasteiger charge is 2.43. The Balaban J connectivity index is 1.23. The first kappa shape index (κ1) is 19.3. The molecule has 2 aliphatic rings. The molecule has 0 amide bonds. The van der Waals surface area contributed by atoms with E-state index in [0.717, 1.165) is 47.1 Å². The lowest BCUT2D eigenvalue weighted by molar-refractivity contribution is 0.129. The summed E-state index contributed by atoms with van der Waals surface area (Å²) in [5.74, 6) is 0.658. The van der Waals surface area contributed by atoms with Crippen LogP contribution >= 0.6 is 0 Å². The number of alkyl halides is 1. The van der Waals surface area contributed by atoms with Crippen LogP contribution in [0.25, 0.3) is 33.6 Å². The molecule has 32 heavy (non-hydrogen) atoms. The molecule has 2 fully saturated rings. The number of rotatable bonds is 4. The van der Waals surface area contributed by atoms with Gasteiger partial charge in [-0.3, -0.25) is 9.36 Å². The number of aromatic nitrogens is 6. The Morgan fingerprint density at radius 3 is 2.50 bits per heavy atom. The van der Waals surface area contributed by atoms with E-state index in [-0.39, 0.29) is 12.1 Å². The van der Waals surface area contributed by atoms with Crippen molar-refractivity contribution < 1.29 is 4.39 Å². The fourth-order valence-corrected chi connectivity index (χ4v) is 4.93. The Bertz CT molecular complexity index is 1250. The normalized spacial score (nSPS) is 24.7. The smallest absolute Gasteiger partial charge is 0.159 e. The number of aryl methyl sites for hydroxylation is 1. The maximum absolute atomic E-state index is 14.9. The van der Waals surface area contributed by atoms with Gasteiger partial charge < -0.3 is 5.32 Å². The first-order chi connectivity index (χ1) is 15.6. The number of piperidine rings is 1. The second kappa shape index (κ2) is 7.63. The summed E-state index contributed by atoms with van der Waals surface area (Å²) in [5, 5.41) is 12.1. The van der Waals surface area contributed by atoms with Crippen LogP contribution in [0.5, 0.6) is 0 Å². The number of nitrogens with one attached hydrogen (secondary N) is 1. The summed E-state index contributed by atoms with van der Waals surface area (Å²) in [7, 11) is 1.90. The summed E-state index contributed by atoms with van der Waals surface area (Å²) in [4.78, 5) is 9.17. The third kappa shape index (κ3) is 3.40. The lowest BCUT2D eigenvalue weighted by Gasteiger charge is -2.32. The fourth-order valence-electron chi connectivity index (χ4n) is 4.93. The molecule has 4 aromatic rings. The topological polar surface area (TPSA) is 73.5 Å². The van der Waals surface area contributed by atoms with Crippen molar-refractivity contribution in [3.8, 4) is 33.6 Å². The summed E-state index contributed by atoms with van der Waals surface area (Å²) in [6.45, 7) is 0. The molecule has 8 heteroatoms. The SMILES string of the molecule is Cn1cc(-c2cccc(-c3ncc(-c4cnn([C@H]5C[C@@H]6CC[C@@H](N6)C5F)c4)cn3)c2)cn1. The van der Waals surface area contributed by atoms with Gasteiger partial charge in [-0.2, -0.15) is 10.2 Å². The van der Waals surface area contributed by atoms with Crippen LogP contribution in [-0.2, 0) is 7.05 Å². The molecule has 2 bridgehead atoms. The van der Waals surface area contributed by atoms with E-state index in [1.165, 1.54) is 0 Å². The summed E-state index contributed by atoms with van der Waals surface area (Å²) < 4.78 is 18.5. The highest BCUT2D eigenvalue weighted by molar-refractivity contribution is 5.70. The van der Waals surface area contributed by atoms with Crippen molar-refractivity contribution in [2.24, 2.45) is 7.05 Å². The van der Waals surface area contributed by atoms with Crippen LogP contribution in [-0.4, -0.2) is 47.8 Å². The van der Waals surface area contributed by atoms with Gasteiger partial charge in [-0.15, -0.1) is 0 Å². The van der Waals surface area contributed by atoms with E-state index in [2.05, 4.69) is 31.5 Å². The number of hydrogen-bond acceptors (Lipinski definition) is 5. The van der Waals surface area contributed by atoms with Crippen LogP contribution in [0.4, 0.5) is 4.39 Å². The first-order valence-electron chi connectivity index (χ1n) is 11.0. The second-order valence-corrected chi connectivity index (χ2v) is 8.78. The highest BCUT2D eigenvalue weighted by atomic mass is 19.1. The van der Waals surface area contributed by atoms with Gasteiger partial charge in [0.2, 0.25) is 0 Å². The Morgan fingerprint density at radius 1 is 0.906 bits per heavy atom. The summed E-state index contributed by atoms with van der Waals surface area (Å²) >= 11 is 0. The zero-order valence-electron chi connectivity index (χ0n) is 17.8. The minimum Gasteiger partial charge on any atom is -0.308 e. The van der Waals surface area contributed by atoms with Crippen molar-refractivity contribution in [2.45, 2.75) is 43.6 Å². The lowest BCUT2D eigenvalue weighted by Crippen LogP contribution is -2.47. The molecular formula is C24H24FN7. The van der Waals surface area contributed by atoms with Crippen molar-refractivity contribution in [2.75, 3.05) is 0 Å². The molecule has 0 aliphatic carbocycles. The van der Waals surface area contributed by atoms with E-state index < -0.39 is 6.17 Å². The standard InChI is InChI=1S/C24H24FN7/c1-31-13-18(11-28-31)15-3-2-4-16(7-15)24-26-9-17(10-27-24)19-12-29-32(14-19)22-8-20-5-6-21(30-20)23(22)25/h2-4,7,9-14,20-23,30H,5-6,8H2,1H3/t20-,21+,22-,23?/m0/s1. The van der Waals surface area contributed by atoms with Crippen LogP contribution in [0.1, 0.15) is 25.3 Å². The average molecular weight is 430 g/mol. The fraction of sp³-hybridized carbons (Fsp3) is 0.333. The minimum absolute atomic E-state index is 0.0450. The van der Waals surface area contributed by atoms with Crippen LogP contribution in [0.15, 0.2) is 61.4 Å². The molecular weight excluding hydrogens is 405 g/mol. The molecule has 2 saturated heterocycles. The van der Waals surface area contributed by atoms with Crippen molar-refractivity contribution in [3.05, 3.63) is 61.4 Å². The summed E-state index contributed by atoms with van der Waals surface area (Å²) in [6.07, 6.45) is 13.0. The van der Waals surface area contributed by atoms with Gasteiger partial charge in [-0.05, 0) is 30.9 Å². The molecule has 3 aromatic heterocycles. The zero-order chi connectivity index (χ0) is 21.7. The molecule has 7 nitrogen and oxygen atoms in total. The number of fused-ring (bicyclic) bond motifs is 2. The first-order valence-corrected chi connectivity index (χ1v) is 11.0. The van der Waals surface area contributed by atoms with Crippen molar-refractivity contribution >= 4 is 0 Å². The van der Waals surface area contributed by atoms with E-state index in [9.17, 15) is 4.39 Å². The third-order valence-corrected chi connectivity index (χ3v) is 6.64. The molecule has 6 rings (SSSR count). The maximum atomic E-state index is 14.9. The van der Waals surface area contributed by atoms with Crippen molar-refractivity contribution in [1.82, 2.24) is 34.8 Å². The van der Waals surface area contributed by atoms with Crippen LogP contribution in [0.3, 0.4) is 0 Å². The van der Waals surface area contributed by atoms with Gasteiger partial charge in [0, 0.05) is 66.2 Å². The molecule has 162 valence electrons. The molecule has 1 N–H and O–H groups in total. The van der Waals surface area contributed by atoms with Crippen LogP contribution < -0.4 is 5.32 Å².